The van der Waals surface area contributed by atoms with Gasteiger partial charge in [-0.25, -0.2) is 4.99 Å². The monoisotopic (exact) mass is 290 g/mol. The highest BCUT2D eigenvalue weighted by Gasteiger charge is 2.15. The Hall–Kier alpha value is -1.88. The molecule has 0 spiro atoms. The van der Waals surface area contributed by atoms with Crippen LogP contribution in [0.5, 0.6) is 0 Å². The highest BCUT2D eigenvalue weighted by atomic mass is 32.1. The number of carbonyl (C=O) groups is 1. The number of rotatable bonds is 3. The van der Waals surface area contributed by atoms with Crippen molar-refractivity contribution in [3.05, 3.63) is 45.2 Å². The van der Waals surface area contributed by atoms with E-state index in [-0.39, 0.29) is 0 Å². The van der Waals surface area contributed by atoms with E-state index < -0.39 is 11.9 Å². The van der Waals surface area contributed by atoms with Crippen molar-refractivity contribution in [2.45, 2.75) is 26.7 Å². The first kappa shape index (κ1) is 14.5. The molecule has 2 aromatic rings. The molecule has 1 atom stereocenters. The topological polar surface area (TPSA) is 54.6 Å². The zero-order valence-electron chi connectivity index (χ0n) is 12.0. The van der Waals surface area contributed by atoms with Gasteiger partial charge in [0, 0.05) is 18.1 Å². The Kier molecular flexibility index (Phi) is 4.09. The number of benzene rings is 1. The molecule has 1 heterocycles. The van der Waals surface area contributed by atoms with Crippen LogP contribution in [0.15, 0.2) is 28.6 Å². The van der Waals surface area contributed by atoms with Gasteiger partial charge < -0.3 is 9.67 Å². The molecule has 5 heteroatoms. The number of nitrogens with zero attached hydrogens (tertiary/aromatic N) is 2. The predicted octanol–water partition coefficient (Wildman–Crippen LogP) is 3.12. The smallest absolute Gasteiger partial charge is 0.310 e. The number of aromatic nitrogens is 1. The molecule has 1 aromatic heterocycles. The normalized spacial score (nSPS) is 13.5. The van der Waals surface area contributed by atoms with Gasteiger partial charge in [0.1, 0.15) is 0 Å². The molecule has 4 nitrogen and oxygen atoms in total. The Morgan fingerprint density at radius 2 is 2.10 bits per heavy atom. The first-order chi connectivity index (χ1) is 9.40. The van der Waals surface area contributed by atoms with E-state index in [2.05, 4.69) is 10.4 Å². The molecule has 1 aromatic carbocycles. The van der Waals surface area contributed by atoms with Crippen LogP contribution < -0.4 is 4.80 Å². The average molecular weight is 290 g/mol. The number of hydrogen-bond acceptors (Lipinski definition) is 3. The molecule has 0 radical (unpaired) electrons. The van der Waals surface area contributed by atoms with Crippen molar-refractivity contribution in [2.75, 3.05) is 0 Å². The maximum Gasteiger partial charge on any atom is 0.310 e. The first-order valence-electron chi connectivity index (χ1n) is 6.39. The van der Waals surface area contributed by atoms with Crippen molar-refractivity contribution in [1.82, 2.24) is 4.57 Å². The summed E-state index contributed by atoms with van der Waals surface area (Å²) in [5, 5.41) is 11.1. The van der Waals surface area contributed by atoms with Gasteiger partial charge in [0.15, 0.2) is 4.80 Å². The summed E-state index contributed by atoms with van der Waals surface area (Å²) >= 11 is 1.59. The Labute approximate surface area is 122 Å². The van der Waals surface area contributed by atoms with Crippen LogP contribution in [0.25, 0.3) is 0 Å². The van der Waals surface area contributed by atoms with Gasteiger partial charge in [-0.1, -0.05) is 6.07 Å². The van der Waals surface area contributed by atoms with E-state index >= 15 is 0 Å². The Morgan fingerprint density at radius 3 is 2.60 bits per heavy atom. The maximum absolute atomic E-state index is 11.1. The fraction of sp³-hybridized carbons (Fsp3) is 0.333. The van der Waals surface area contributed by atoms with Crippen LogP contribution in [0, 0.1) is 13.8 Å². The van der Waals surface area contributed by atoms with Crippen molar-refractivity contribution >= 4 is 23.0 Å². The fourth-order valence-electron chi connectivity index (χ4n) is 2.01. The minimum absolute atomic E-state index is 0.496. The summed E-state index contributed by atoms with van der Waals surface area (Å²) in [6, 6.07) is 5.66. The third-order valence-corrected chi connectivity index (χ3v) is 4.50. The minimum Gasteiger partial charge on any atom is -0.481 e. The van der Waals surface area contributed by atoms with E-state index in [0.717, 1.165) is 21.6 Å². The highest BCUT2D eigenvalue weighted by Crippen LogP contribution is 2.24. The van der Waals surface area contributed by atoms with Gasteiger partial charge in [0.05, 0.1) is 11.6 Å². The molecule has 106 valence electrons. The number of carboxylic acid groups (broad SMARTS) is 1. The number of aliphatic carboxylic acids is 1. The third-order valence-electron chi connectivity index (χ3n) is 3.47. The van der Waals surface area contributed by atoms with Gasteiger partial charge in [-0.05, 0) is 44.0 Å². The second-order valence-corrected chi connectivity index (χ2v) is 5.77. The Balaban J connectivity index is 2.42. The van der Waals surface area contributed by atoms with E-state index in [1.54, 1.807) is 18.3 Å². The largest absolute Gasteiger partial charge is 0.481 e. The van der Waals surface area contributed by atoms with Gasteiger partial charge in [-0.15, -0.1) is 11.3 Å². The van der Waals surface area contributed by atoms with Gasteiger partial charge in [0.2, 0.25) is 0 Å². The first-order valence-corrected chi connectivity index (χ1v) is 7.27. The number of hydrogen-bond donors (Lipinski definition) is 1. The van der Waals surface area contributed by atoms with Gasteiger partial charge in [-0.2, -0.15) is 0 Å². The fourth-order valence-corrected chi connectivity index (χ4v) is 2.90. The number of aryl methyl sites for hydroxylation is 2. The van der Waals surface area contributed by atoms with Crippen LogP contribution in [0.2, 0.25) is 0 Å². The number of thiazole rings is 1. The minimum atomic E-state index is -0.807. The molecule has 0 saturated carbocycles. The zero-order valence-corrected chi connectivity index (χ0v) is 12.9. The molecule has 0 aliphatic rings. The van der Waals surface area contributed by atoms with Crippen LogP contribution in [0.1, 0.15) is 29.7 Å². The molecule has 0 aliphatic heterocycles. The summed E-state index contributed by atoms with van der Waals surface area (Å²) in [6.45, 7) is 5.66. The SMILES string of the molecule is Cc1cc(/N=c2\scc(C)n2C)ccc1C(C)C(=O)O. The van der Waals surface area contributed by atoms with E-state index in [9.17, 15) is 4.79 Å². The summed E-state index contributed by atoms with van der Waals surface area (Å²) in [4.78, 5) is 16.6. The quantitative estimate of drug-likeness (QED) is 0.944. The summed E-state index contributed by atoms with van der Waals surface area (Å²) in [5.41, 5.74) is 3.81. The lowest BCUT2D eigenvalue weighted by Crippen LogP contribution is -2.11. The van der Waals surface area contributed by atoms with Crippen LogP contribution in [0.4, 0.5) is 5.69 Å². The van der Waals surface area contributed by atoms with Gasteiger partial charge >= 0.3 is 5.97 Å². The zero-order chi connectivity index (χ0) is 14.9. The molecule has 0 bridgehead atoms. The summed E-state index contributed by atoms with van der Waals surface area (Å²) < 4.78 is 2.04. The molecule has 0 fully saturated rings. The van der Waals surface area contributed by atoms with Crippen LogP contribution >= 0.6 is 11.3 Å². The molecule has 1 unspecified atom stereocenters. The molecule has 0 amide bonds. The standard InChI is InChI=1S/C15H18N2O2S/c1-9-7-12(5-6-13(9)11(3)14(18)19)16-15-17(4)10(2)8-20-15/h5-8,11H,1-4H3,(H,18,19)/b16-15-. The lowest BCUT2D eigenvalue weighted by molar-refractivity contribution is -0.138. The second kappa shape index (κ2) is 5.63. The van der Waals surface area contributed by atoms with Crippen LogP contribution in [0.3, 0.4) is 0 Å². The van der Waals surface area contributed by atoms with E-state index in [1.165, 1.54) is 5.69 Å². The predicted molar refractivity (Wildman–Crippen MR) is 80.5 cm³/mol. The van der Waals surface area contributed by atoms with E-state index in [0.29, 0.717) is 0 Å². The van der Waals surface area contributed by atoms with Crippen molar-refractivity contribution in [1.29, 1.82) is 0 Å². The lowest BCUT2D eigenvalue weighted by Gasteiger charge is -2.10. The van der Waals surface area contributed by atoms with Crippen molar-refractivity contribution in [2.24, 2.45) is 12.0 Å². The third kappa shape index (κ3) is 2.82. The summed E-state index contributed by atoms with van der Waals surface area (Å²) in [5.74, 6) is -1.30. The average Bonchev–Trinajstić information content (AvgIpc) is 2.70. The van der Waals surface area contributed by atoms with Crippen molar-refractivity contribution < 1.29 is 9.90 Å². The Bertz CT molecular complexity index is 713. The van der Waals surface area contributed by atoms with E-state index in [4.69, 9.17) is 5.11 Å². The van der Waals surface area contributed by atoms with Crippen molar-refractivity contribution in [3.8, 4) is 0 Å². The summed E-state index contributed by atoms with van der Waals surface area (Å²) in [7, 11) is 1.98. The van der Waals surface area contributed by atoms with Gasteiger partial charge in [0.25, 0.3) is 0 Å². The summed E-state index contributed by atoms with van der Waals surface area (Å²) in [6.07, 6.45) is 0. The molecule has 0 aliphatic carbocycles. The molecular formula is C15H18N2O2S. The van der Waals surface area contributed by atoms with Crippen LogP contribution in [-0.4, -0.2) is 15.6 Å². The molecule has 0 saturated heterocycles. The maximum atomic E-state index is 11.1. The lowest BCUT2D eigenvalue weighted by atomic mass is 9.96. The molecular weight excluding hydrogens is 272 g/mol. The van der Waals surface area contributed by atoms with Crippen LogP contribution in [-0.2, 0) is 11.8 Å². The Morgan fingerprint density at radius 1 is 1.40 bits per heavy atom. The van der Waals surface area contributed by atoms with Crippen molar-refractivity contribution in [3.63, 3.8) is 0 Å². The molecule has 20 heavy (non-hydrogen) atoms. The van der Waals surface area contributed by atoms with E-state index in [1.807, 2.05) is 43.7 Å². The highest BCUT2D eigenvalue weighted by molar-refractivity contribution is 7.07. The van der Waals surface area contributed by atoms with Gasteiger partial charge in [-0.3, -0.25) is 4.79 Å². The molecule has 1 N–H and O–H groups in total. The second-order valence-electron chi connectivity index (χ2n) is 4.93. The number of carboxylic acids is 1. The molecule has 2 rings (SSSR count).